The molecule has 2 rings (SSSR count). The van der Waals surface area contributed by atoms with E-state index < -0.39 is 0 Å². The number of methoxy groups -OCH3 is 1. The maximum Gasteiger partial charge on any atom is 0.253 e. The Hall–Kier alpha value is -2.20. The van der Waals surface area contributed by atoms with Crippen molar-refractivity contribution in [3.63, 3.8) is 0 Å². The third-order valence-corrected chi connectivity index (χ3v) is 3.41. The summed E-state index contributed by atoms with van der Waals surface area (Å²) in [7, 11) is 3.35. The Morgan fingerprint density at radius 1 is 1.14 bits per heavy atom. The van der Waals surface area contributed by atoms with Crippen LogP contribution in [0.2, 0.25) is 5.02 Å². The van der Waals surface area contributed by atoms with Crippen LogP contribution in [0.4, 0.5) is 0 Å². The summed E-state index contributed by atoms with van der Waals surface area (Å²) in [4.78, 5) is 13.8. The summed E-state index contributed by atoms with van der Waals surface area (Å²) in [6.45, 7) is 0.895. The van der Waals surface area contributed by atoms with Crippen molar-refractivity contribution in [2.24, 2.45) is 0 Å². The van der Waals surface area contributed by atoms with E-state index in [-0.39, 0.29) is 5.91 Å². The number of carbonyl (C=O) groups is 1. The molecule has 0 bridgehead atoms. The molecule has 0 aliphatic carbocycles. The van der Waals surface area contributed by atoms with E-state index in [0.29, 0.717) is 23.7 Å². The Morgan fingerprint density at radius 3 is 2.45 bits per heavy atom. The predicted octanol–water partition coefficient (Wildman–Crippen LogP) is 3.50. The molecule has 5 heteroatoms. The first-order valence-electron chi connectivity index (χ1n) is 6.88. The molecule has 0 fully saturated rings. The van der Waals surface area contributed by atoms with Crippen molar-refractivity contribution in [2.45, 2.75) is 0 Å². The number of hydrogen-bond donors (Lipinski definition) is 0. The number of amides is 1. The lowest BCUT2D eigenvalue weighted by molar-refractivity contribution is 0.0774. The lowest BCUT2D eigenvalue weighted by atomic mass is 10.2. The van der Waals surface area contributed by atoms with E-state index in [1.165, 1.54) is 0 Å². The van der Waals surface area contributed by atoms with Crippen molar-refractivity contribution in [1.82, 2.24) is 4.90 Å². The molecular weight excluding hydrogens is 302 g/mol. The lowest BCUT2D eigenvalue weighted by Gasteiger charge is -2.17. The topological polar surface area (TPSA) is 38.8 Å². The molecular formula is C17H18ClNO3. The van der Waals surface area contributed by atoms with Gasteiger partial charge >= 0.3 is 0 Å². The number of benzene rings is 2. The third kappa shape index (κ3) is 4.40. The number of likely N-dealkylation sites (N-methyl/N-ethyl adjacent to an activating group) is 1. The molecule has 0 unspecified atom stereocenters. The van der Waals surface area contributed by atoms with Gasteiger partial charge in [-0.05, 0) is 42.5 Å². The molecule has 4 nitrogen and oxygen atoms in total. The number of carbonyl (C=O) groups excluding carboxylic acids is 1. The predicted molar refractivity (Wildman–Crippen MR) is 86.9 cm³/mol. The quantitative estimate of drug-likeness (QED) is 0.818. The van der Waals surface area contributed by atoms with Crippen molar-refractivity contribution in [1.29, 1.82) is 0 Å². The number of halogens is 1. The smallest absolute Gasteiger partial charge is 0.253 e. The average molecular weight is 320 g/mol. The molecule has 22 heavy (non-hydrogen) atoms. The molecule has 2 aromatic carbocycles. The Kier molecular flexibility index (Phi) is 5.67. The summed E-state index contributed by atoms with van der Waals surface area (Å²) in [5.74, 6) is 1.44. The van der Waals surface area contributed by atoms with E-state index in [4.69, 9.17) is 21.1 Å². The maximum absolute atomic E-state index is 12.2. The molecule has 0 radical (unpaired) electrons. The van der Waals surface area contributed by atoms with Gasteiger partial charge < -0.3 is 14.4 Å². The SMILES string of the molecule is COc1ccc(OCCN(C)C(=O)c2cccc(Cl)c2)cc1. The molecule has 0 N–H and O–H groups in total. The summed E-state index contributed by atoms with van der Waals surface area (Å²) in [5.41, 5.74) is 0.569. The molecule has 0 spiro atoms. The highest BCUT2D eigenvalue weighted by Gasteiger charge is 2.11. The average Bonchev–Trinajstić information content (AvgIpc) is 2.54. The number of nitrogens with zero attached hydrogens (tertiary/aromatic N) is 1. The second-order valence-electron chi connectivity index (χ2n) is 4.76. The third-order valence-electron chi connectivity index (χ3n) is 3.17. The van der Waals surface area contributed by atoms with Gasteiger partial charge in [0, 0.05) is 17.6 Å². The van der Waals surface area contributed by atoms with Crippen molar-refractivity contribution in [2.75, 3.05) is 27.3 Å². The van der Waals surface area contributed by atoms with Gasteiger partial charge in [-0.1, -0.05) is 17.7 Å². The summed E-state index contributed by atoms with van der Waals surface area (Å²) in [6, 6.07) is 14.2. The fourth-order valence-electron chi connectivity index (χ4n) is 1.92. The van der Waals surface area contributed by atoms with E-state index >= 15 is 0 Å². The van der Waals surface area contributed by atoms with Crippen molar-refractivity contribution >= 4 is 17.5 Å². The van der Waals surface area contributed by atoms with Gasteiger partial charge in [-0.3, -0.25) is 4.79 Å². The Bertz CT molecular complexity index is 628. The van der Waals surface area contributed by atoms with Crippen LogP contribution in [0, 0.1) is 0 Å². The second-order valence-corrected chi connectivity index (χ2v) is 5.20. The standard InChI is InChI=1S/C17H18ClNO3/c1-19(17(20)13-4-3-5-14(18)12-13)10-11-22-16-8-6-15(21-2)7-9-16/h3-9,12H,10-11H2,1-2H3. The van der Waals surface area contributed by atoms with Crippen LogP contribution in [0.3, 0.4) is 0 Å². The zero-order chi connectivity index (χ0) is 15.9. The minimum Gasteiger partial charge on any atom is -0.497 e. The van der Waals surface area contributed by atoms with Crippen LogP contribution in [0.1, 0.15) is 10.4 Å². The molecule has 0 aliphatic heterocycles. The molecule has 116 valence electrons. The first-order chi connectivity index (χ1) is 10.6. The fraction of sp³-hybridized carbons (Fsp3) is 0.235. The highest BCUT2D eigenvalue weighted by Crippen LogP contribution is 2.17. The Balaban J connectivity index is 1.84. The van der Waals surface area contributed by atoms with Gasteiger partial charge in [0.25, 0.3) is 5.91 Å². The molecule has 1 amide bonds. The zero-order valence-electron chi connectivity index (χ0n) is 12.6. The molecule has 0 aliphatic rings. The summed E-state index contributed by atoms with van der Waals surface area (Å²) >= 11 is 5.90. The summed E-state index contributed by atoms with van der Waals surface area (Å²) < 4.78 is 10.7. The summed E-state index contributed by atoms with van der Waals surface area (Å²) in [6.07, 6.45) is 0. The largest absolute Gasteiger partial charge is 0.497 e. The number of ether oxygens (including phenoxy) is 2. The Labute approximate surface area is 135 Å². The minimum atomic E-state index is -0.0826. The van der Waals surface area contributed by atoms with E-state index in [9.17, 15) is 4.79 Å². The highest BCUT2D eigenvalue weighted by atomic mass is 35.5. The second kappa shape index (κ2) is 7.71. The van der Waals surface area contributed by atoms with E-state index in [1.54, 1.807) is 43.3 Å². The van der Waals surface area contributed by atoms with Crippen LogP contribution < -0.4 is 9.47 Å². The van der Waals surface area contributed by atoms with Gasteiger partial charge in [0.05, 0.1) is 13.7 Å². The monoisotopic (exact) mass is 319 g/mol. The van der Waals surface area contributed by atoms with Crippen LogP contribution in [-0.4, -0.2) is 38.1 Å². The first-order valence-corrected chi connectivity index (χ1v) is 7.26. The zero-order valence-corrected chi connectivity index (χ0v) is 13.3. The Morgan fingerprint density at radius 2 is 1.82 bits per heavy atom. The molecule has 0 aromatic heterocycles. The van der Waals surface area contributed by atoms with Crippen LogP contribution in [0.15, 0.2) is 48.5 Å². The van der Waals surface area contributed by atoms with Crippen LogP contribution >= 0.6 is 11.6 Å². The van der Waals surface area contributed by atoms with Crippen LogP contribution in [0.25, 0.3) is 0 Å². The van der Waals surface area contributed by atoms with Crippen molar-refractivity contribution in [3.8, 4) is 11.5 Å². The van der Waals surface area contributed by atoms with E-state index in [2.05, 4.69) is 0 Å². The number of rotatable bonds is 6. The van der Waals surface area contributed by atoms with Gasteiger partial charge in [0.1, 0.15) is 18.1 Å². The highest BCUT2D eigenvalue weighted by molar-refractivity contribution is 6.30. The van der Waals surface area contributed by atoms with E-state index in [1.807, 2.05) is 24.3 Å². The van der Waals surface area contributed by atoms with E-state index in [0.717, 1.165) is 11.5 Å². The van der Waals surface area contributed by atoms with Gasteiger partial charge in [-0.2, -0.15) is 0 Å². The molecule has 2 aromatic rings. The lowest BCUT2D eigenvalue weighted by Crippen LogP contribution is -2.30. The normalized spacial score (nSPS) is 10.1. The van der Waals surface area contributed by atoms with Crippen LogP contribution in [0.5, 0.6) is 11.5 Å². The molecule has 0 saturated heterocycles. The molecule has 0 atom stereocenters. The van der Waals surface area contributed by atoms with Gasteiger partial charge in [-0.15, -0.1) is 0 Å². The van der Waals surface area contributed by atoms with Gasteiger partial charge in [-0.25, -0.2) is 0 Å². The summed E-state index contributed by atoms with van der Waals surface area (Å²) in [5, 5.41) is 0.550. The first kappa shape index (κ1) is 16.2. The maximum atomic E-state index is 12.2. The molecule has 0 heterocycles. The van der Waals surface area contributed by atoms with Crippen LogP contribution in [-0.2, 0) is 0 Å². The van der Waals surface area contributed by atoms with Gasteiger partial charge in [0.15, 0.2) is 0 Å². The van der Waals surface area contributed by atoms with Crippen molar-refractivity contribution in [3.05, 3.63) is 59.1 Å². The fourth-order valence-corrected chi connectivity index (χ4v) is 2.11. The number of hydrogen-bond acceptors (Lipinski definition) is 3. The minimum absolute atomic E-state index is 0.0826. The molecule has 0 saturated carbocycles. The van der Waals surface area contributed by atoms with Crippen molar-refractivity contribution < 1.29 is 14.3 Å². The van der Waals surface area contributed by atoms with Gasteiger partial charge in [0.2, 0.25) is 0 Å².